The predicted octanol–water partition coefficient (Wildman–Crippen LogP) is 3.78. The van der Waals surface area contributed by atoms with Gasteiger partial charge in [-0.25, -0.2) is 0 Å². The summed E-state index contributed by atoms with van der Waals surface area (Å²) in [6.07, 6.45) is 8.90. The van der Waals surface area contributed by atoms with Crippen molar-refractivity contribution >= 4 is 23.7 Å². The minimum Gasteiger partial charge on any atom is -0.504 e. The molecule has 0 saturated heterocycles. The fourth-order valence-corrected chi connectivity index (χ4v) is 2.48. The second-order valence-corrected chi connectivity index (χ2v) is 6.41. The molecule has 32 heavy (non-hydrogen) atoms. The molecule has 0 fully saturated rings. The number of aromatic hydroxyl groups is 2. The Hall–Kier alpha value is -4.33. The van der Waals surface area contributed by atoms with Crippen molar-refractivity contribution in [2.75, 3.05) is 14.2 Å². The van der Waals surface area contributed by atoms with Crippen molar-refractivity contribution in [3.63, 3.8) is 0 Å². The number of hydrogen-bond acceptors (Lipinski definition) is 7. The lowest BCUT2D eigenvalue weighted by atomic mass is 10.1. The lowest BCUT2D eigenvalue weighted by Crippen LogP contribution is -2.01. The van der Waals surface area contributed by atoms with Crippen LogP contribution in [0.3, 0.4) is 0 Å². The van der Waals surface area contributed by atoms with Crippen LogP contribution in [0.15, 0.2) is 67.0 Å². The fourth-order valence-electron chi connectivity index (χ4n) is 2.48. The van der Waals surface area contributed by atoms with Crippen LogP contribution in [0.4, 0.5) is 0 Å². The molecule has 3 rings (SSSR count). The number of nitrogens with one attached hydrogen (secondary N) is 1. The summed E-state index contributed by atoms with van der Waals surface area (Å²) in [6.45, 7) is 0. The van der Waals surface area contributed by atoms with Crippen LogP contribution < -0.4 is 9.47 Å². The van der Waals surface area contributed by atoms with Gasteiger partial charge in [-0.15, -0.1) is 0 Å². The van der Waals surface area contributed by atoms with E-state index in [-0.39, 0.29) is 29.5 Å². The van der Waals surface area contributed by atoms with Crippen molar-refractivity contribution in [3.8, 4) is 23.0 Å². The van der Waals surface area contributed by atoms with E-state index in [1.165, 1.54) is 38.5 Å². The molecule has 8 heteroatoms. The molecule has 1 aromatic heterocycles. The van der Waals surface area contributed by atoms with Gasteiger partial charge >= 0.3 is 0 Å². The Bertz CT molecular complexity index is 997. The normalized spacial score (nSPS) is 10.6. The molecule has 0 unspecified atom stereocenters. The van der Waals surface area contributed by atoms with Gasteiger partial charge in [-0.05, 0) is 53.6 Å². The molecular formula is C24H24N2O6. The number of methoxy groups -OCH3 is 2. The number of aromatic amines is 1. The standard InChI is InChI=1S/C21H20O6.C3H4N2/c1-26-20-11-14(5-9-18(20)24)3-7-16(22)13-17(23)8-4-15-6-10-19(25)21(12-15)27-2;1-2-4-5-3-1/h3-12,24-25H,13H2,1-2H3;1-3H,(H,4,5)/b7-3+,8-4+;. The number of ether oxygens (including phenoxy) is 2. The quantitative estimate of drug-likeness (QED) is 0.363. The Morgan fingerprint density at radius 3 is 1.75 bits per heavy atom. The molecule has 0 saturated carbocycles. The van der Waals surface area contributed by atoms with Gasteiger partial charge in [-0.2, -0.15) is 5.10 Å². The molecule has 3 N–H and O–H groups in total. The van der Waals surface area contributed by atoms with E-state index in [1.54, 1.807) is 48.8 Å². The smallest absolute Gasteiger partial charge is 0.163 e. The summed E-state index contributed by atoms with van der Waals surface area (Å²) >= 11 is 0. The monoisotopic (exact) mass is 436 g/mol. The maximum absolute atomic E-state index is 11.9. The van der Waals surface area contributed by atoms with Crippen molar-refractivity contribution in [2.24, 2.45) is 0 Å². The van der Waals surface area contributed by atoms with Gasteiger partial charge in [-0.3, -0.25) is 14.7 Å². The second kappa shape index (κ2) is 12.4. The van der Waals surface area contributed by atoms with Crippen LogP contribution in [0.25, 0.3) is 12.2 Å². The van der Waals surface area contributed by atoms with Crippen LogP contribution in [0, 0.1) is 0 Å². The van der Waals surface area contributed by atoms with E-state index in [9.17, 15) is 19.8 Å². The van der Waals surface area contributed by atoms with Gasteiger partial charge in [0.25, 0.3) is 0 Å². The van der Waals surface area contributed by atoms with Crippen LogP contribution in [-0.4, -0.2) is 46.2 Å². The highest BCUT2D eigenvalue weighted by Crippen LogP contribution is 2.27. The topological polar surface area (TPSA) is 122 Å². The van der Waals surface area contributed by atoms with Gasteiger partial charge < -0.3 is 19.7 Å². The number of carbonyl (C=O) groups is 2. The van der Waals surface area contributed by atoms with Gasteiger partial charge in [0.05, 0.1) is 20.6 Å². The largest absolute Gasteiger partial charge is 0.504 e. The molecule has 0 aliphatic rings. The zero-order chi connectivity index (χ0) is 23.3. The van der Waals surface area contributed by atoms with Crippen LogP contribution in [0.1, 0.15) is 17.5 Å². The predicted molar refractivity (Wildman–Crippen MR) is 121 cm³/mol. The fraction of sp³-hybridized carbons (Fsp3) is 0.125. The molecular weight excluding hydrogens is 412 g/mol. The Labute approximate surface area is 185 Å². The summed E-state index contributed by atoms with van der Waals surface area (Å²) < 4.78 is 10.00. The molecule has 166 valence electrons. The number of phenols is 2. The van der Waals surface area contributed by atoms with Crippen molar-refractivity contribution in [3.05, 3.63) is 78.1 Å². The number of hydrogen-bond donors (Lipinski definition) is 3. The van der Waals surface area contributed by atoms with Crippen LogP contribution >= 0.6 is 0 Å². The number of nitrogens with zero attached hydrogens (tertiary/aromatic N) is 1. The minimum absolute atomic E-state index is 0.00662. The molecule has 0 aliphatic carbocycles. The second-order valence-electron chi connectivity index (χ2n) is 6.41. The number of aromatic nitrogens is 2. The van der Waals surface area contributed by atoms with Gasteiger partial charge in [0.2, 0.25) is 0 Å². The van der Waals surface area contributed by atoms with Crippen LogP contribution in [-0.2, 0) is 9.59 Å². The Morgan fingerprint density at radius 2 is 1.41 bits per heavy atom. The van der Waals surface area contributed by atoms with E-state index >= 15 is 0 Å². The highest BCUT2D eigenvalue weighted by atomic mass is 16.5. The van der Waals surface area contributed by atoms with E-state index < -0.39 is 0 Å². The third-order valence-corrected chi connectivity index (χ3v) is 4.09. The lowest BCUT2D eigenvalue weighted by molar-refractivity contribution is -0.121. The first kappa shape index (κ1) is 23.9. The number of rotatable bonds is 8. The molecule has 0 radical (unpaired) electrons. The summed E-state index contributed by atoms with van der Waals surface area (Å²) in [5, 5.41) is 25.3. The van der Waals surface area contributed by atoms with Crippen molar-refractivity contribution < 1.29 is 29.3 Å². The summed E-state index contributed by atoms with van der Waals surface area (Å²) in [6, 6.07) is 11.2. The van der Waals surface area contributed by atoms with E-state index in [1.807, 2.05) is 6.07 Å². The van der Waals surface area contributed by atoms with Gasteiger partial charge in [-0.1, -0.05) is 24.3 Å². The number of H-pyrrole nitrogens is 1. The molecule has 0 bridgehead atoms. The zero-order valence-corrected chi connectivity index (χ0v) is 17.7. The Balaban J connectivity index is 0.000000636. The first-order valence-electron chi connectivity index (χ1n) is 9.52. The zero-order valence-electron chi connectivity index (χ0n) is 17.7. The average molecular weight is 436 g/mol. The van der Waals surface area contributed by atoms with Gasteiger partial charge in [0, 0.05) is 12.4 Å². The number of carbonyl (C=O) groups excluding carboxylic acids is 2. The molecule has 0 aliphatic heterocycles. The number of phenolic OH excluding ortho intramolecular Hbond substituents is 2. The maximum atomic E-state index is 11.9. The van der Waals surface area contributed by atoms with E-state index in [0.29, 0.717) is 22.6 Å². The number of allylic oxidation sites excluding steroid dienone is 2. The molecule has 3 aromatic rings. The highest BCUT2D eigenvalue weighted by Gasteiger charge is 2.06. The molecule has 0 amide bonds. The van der Waals surface area contributed by atoms with Crippen molar-refractivity contribution in [2.45, 2.75) is 6.42 Å². The third kappa shape index (κ3) is 7.83. The van der Waals surface area contributed by atoms with Crippen LogP contribution in [0.2, 0.25) is 0 Å². The van der Waals surface area contributed by atoms with E-state index in [0.717, 1.165) is 0 Å². The molecule has 8 nitrogen and oxygen atoms in total. The summed E-state index contributed by atoms with van der Waals surface area (Å²) in [5.41, 5.74) is 1.33. The lowest BCUT2D eigenvalue weighted by Gasteiger charge is -2.03. The number of ketones is 2. The first-order valence-corrected chi connectivity index (χ1v) is 9.52. The van der Waals surface area contributed by atoms with Crippen LogP contribution in [0.5, 0.6) is 23.0 Å². The van der Waals surface area contributed by atoms with Gasteiger partial charge in [0.1, 0.15) is 0 Å². The Morgan fingerprint density at radius 1 is 0.906 bits per heavy atom. The van der Waals surface area contributed by atoms with Crippen molar-refractivity contribution in [1.29, 1.82) is 0 Å². The maximum Gasteiger partial charge on any atom is 0.163 e. The molecule has 2 aromatic carbocycles. The molecule has 1 heterocycles. The first-order chi connectivity index (χ1) is 15.4. The minimum atomic E-state index is -0.347. The SMILES string of the molecule is COc1cc(/C=C/C(=O)CC(=O)/C=C/c2ccc(O)c(OC)c2)ccc1O.c1cn[nH]c1. The van der Waals surface area contributed by atoms with E-state index in [4.69, 9.17) is 9.47 Å². The Kier molecular flexibility index (Phi) is 9.27. The van der Waals surface area contributed by atoms with E-state index in [2.05, 4.69) is 10.2 Å². The summed E-state index contributed by atoms with van der Waals surface area (Å²) in [7, 11) is 2.87. The summed E-state index contributed by atoms with van der Waals surface area (Å²) in [5.74, 6) is -0.0832. The number of benzene rings is 2. The van der Waals surface area contributed by atoms with Crippen molar-refractivity contribution in [1.82, 2.24) is 10.2 Å². The third-order valence-electron chi connectivity index (χ3n) is 4.09. The average Bonchev–Trinajstić information content (AvgIpc) is 3.38. The summed E-state index contributed by atoms with van der Waals surface area (Å²) in [4.78, 5) is 23.9. The van der Waals surface area contributed by atoms with Gasteiger partial charge in [0.15, 0.2) is 34.6 Å². The molecule has 0 spiro atoms. The highest BCUT2D eigenvalue weighted by molar-refractivity contribution is 6.10. The molecule has 0 atom stereocenters.